The van der Waals surface area contributed by atoms with Crippen molar-refractivity contribution in [1.29, 1.82) is 0 Å². The maximum atomic E-state index is 4.29. The third kappa shape index (κ3) is 0.901. The van der Waals surface area contributed by atoms with Crippen molar-refractivity contribution < 1.29 is 0 Å². The molecule has 2 nitrogen and oxygen atoms in total. The number of nitrogens with zero attached hydrogens (tertiary/aromatic N) is 1. The zero-order chi connectivity index (χ0) is 6.97. The van der Waals surface area contributed by atoms with Gasteiger partial charge in [-0.1, -0.05) is 0 Å². The number of hydrogen-bond acceptors (Lipinski definition) is 1. The predicted octanol–water partition coefficient (Wildman–Crippen LogP) is 2.17. The molecule has 0 aliphatic heterocycles. The van der Waals surface area contributed by atoms with Crippen molar-refractivity contribution in [3.8, 4) is 0 Å². The molecular weight excluding hydrogens is 239 g/mol. The first-order chi connectivity index (χ1) is 4.86. The molecule has 0 radical (unpaired) electrons. The standard InChI is InChI=1S/C7H5IN2/c8-7-2-1-5-6(10-7)3-4-9-5/h1-4,9H. The highest BCUT2D eigenvalue weighted by Gasteiger charge is 1.93. The van der Waals surface area contributed by atoms with Gasteiger partial charge < -0.3 is 4.98 Å². The van der Waals surface area contributed by atoms with E-state index in [-0.39, 0.29) is 0 Å². The molecule has 1 N–H and O–H groups in total. The summed E-state index contributed by atoms with van der Waals surface area (Å²) in [5.41, 5.74) is 2.13. The van der Waals surface area contributed by atoms with E-state index in [1.54, 1.807) is 0 Å². The third-order valence-corrected chi connectivity index (χ3v) is 1.97. The number of H-pyrrole nitrogens is 1. The second-order valence-electron chi connectivity index (χ2n) is 2.04. The van der Waals surface area contributed by atoms with Crippen LogP contribution in [0.2, 0.25) is 0 Å². The minimum absolute atomic E-state index is 1.03. The molecule has 0 amide bonds. The SMILES string of the molecule is Ic1ccc2[nH]ccc2n1. The molecule has 0 aromatic carbocycles. The molecule has 0 aliphatic rings. The zero-order valence-electron chi connectivity index (χ0n) is 5.13. The summed E-state index contributed by atoms with van der Waals surface area (Å²) in [6.45, 7) is 0. The van der Waals surface area contributed by atoms with Crippen LogP contribution >= 0.6 is 22.6 Å². The smallest absolute Gasteiger partial charge is 0.102 e. The number of aromatic nitrogens is 2. The van der Waals surface area contributed by atoms with E-state index in [0.717, 1.165) is 14.7 Å². The van der Waals surface area contributed by atoms with Gasteiger partial charge in [-0.05, 0) is 40.8 Å². The lowest BCUT2D eigenvalue weighted by molar-refractivity contribution is 1.35. The minimum atomic E-state index is 1.03. The van der Waals surface area contributed by atoms with Gasteiger partial charge in [0, 0.05) is 6.20 Å². The van der Waals surface area contributed by atoms with Gasteiger partial charge in [-0.2, -0.15) is 0 Å². The number of pyridine rings is 1. The molecule has 2 aromatic rings. The molecule has 0 saturated heterocycles. The number of nitrogens with one attached hydrogen (secondary N) is 1. The second-order valence-corrected chi connectivity index (χ2v) is 3.15. The van der Waals surface area contributed by atoms with Crippen LogP contribution in [0, 0.1) is 3.70 Å². The van der Waals surface area contributed by atoms with Crippen molar-refractivity contribution in [2.75, 3.05) is 0 Å². The summed E-state index contributed by atoms with van der Waals surface area (Å²) in [7, 11) is 0. The van der Waals surface area contributed by atoms with E-state index < -0.39 is 0 Å². The molecule has 2 heterocycles. The van der Waals surface area contributed by atoms with Crippen LogP contribution in [0.15, 0.2) is 24.4 Å². The van der Waals surface area contributed by atoms with E-state index in [4.69, 9.17) is 0 Å². The molecule has 0 fully saturated rings. The molecule has 2 rings (SSSR count). The van der Waals surface area contributed by atoms with Crippen molar-refractivity contribution in [2.45, 2.75) is 0 Å². The van der Waals surface area contributed by atoms with E-state index in [0.29, 0.717) is 0 Å². The number of hydrogen-bond donors (Lipinski definition) is 1. The fraction of sp³-hybridized carbons (Fsp3) is 0. The molecule has 0 atom stereocenters. The summed E-state index contributed by atoms with van der Waals surface area (Å²) < 4.78 is 1.03. The molecule has 0 aliphatic carbocycles. The Morgan fingerprint density at radius 1 is 1.30 bits per heavy atom. The van der Waals surface area contributed by atoms with Crippen molar-refractivity contribution in [1.82, 2.24) is 9.97 Å². The largest absolute Gasteiger partial charge is 0.360 e. The molecule has 3 heteroatoms. The van der Waals surface area contributed by atoms with Crippen LogP contribution in [-0.2, 0) is 0 Å². The van der Waals surface area contributed by atoms with Gasteiger partial charge in [-0.3, -0.25) is 0 Å². The topological polar surface area (TPSA) is 28.7 Å². The molecule has 2 aromatic heterocycles. The van der Waals surface area contributed by atoms with Gasteiger partial charge in [0.2, 0.25) is 0 Å². The lowest BCUT2D eigenvalue weighted by Gasteiger charge is -1.88. The van der Waals surface area contributed by atoms with Gasteiger partial charge in [0.25, 0.3) is 0 Å². The van der Waals surface area contributed by atoms with Gasteiger partial charge in [0.15, 0.2) is 0 Å². The van der Waals surface area contributed by atoms with Crippen LogP contribution in [0.1, 0.15) is 0 Å². The Bertz CT molecular complexity index is 353. The Morgan fingerprint density at radius 3 is 3.10 bits per heavy atom. The van der Waals surface area contributed by atoms with Crippen LogP contribution in [0.4, 0.5) is 0 Å². The lowest BCUT2D eigenvalue weighted by atomic mass is 10.4. The predicted molar refractivity (Wildman–Crippen MR) is 48.8 cm³/mol. The van der Waals surface area contributed by atoms with Crippen LogP contribution in [0.3, 0.4) is 0 Å². The van der Waals surface area contributed by atoms with E-state index >= 15 is 0 Å². The lowest BCUT2D eigenvalue weighted by Crippen LogP contribution is -1.77. The van der Waals surface area contributed by atoms with Gasteiger partial charge in [0.1, 0.15) is 3.70 Å². The van der Waals surface area contributed by atoms with E-state index in [9.17, 15) is 0 Å². The molecule has 0 spiro atoms. The third-order valence-electron chi connectivity index (χ3n) is 1.37. The first-order valence-corrected chi connectivity index (χ1v) is 4.04. The fourth-order valence-corrected chi connectivity index (χ4v) is 1.35. The molecule has 50 valence electrons. The highest BCUT2D eigenvalue weighted by Crippen LogP contribution is 2.10. The minimum Gasteiger partial charge on any atom is -0.360 e. The van der Waals surface area contributed by atoms with E-state index in [1.165, 1.54) is 0 Å². The molecular formula is C7H5IN2. The second kappa shape index (κ2) is 2.23. The Balaban J connectivity index is 2.86. The van der Waals surface area contributed by atoms with Gasteiger partial charge >= 0.3 is 0 Å². The fourth-order valence-electron chi connectivity index (χ4n) is 0.910. The van der Waals surface area contributed by atoms with Crippen LogP contribution in [0.5, 0.6) is 0 Å². The highest BCUT2D eigenvalue weighted by atomic mass is 127. The van der Waals surface area contributed by atoms with Crippen molar-refractivity contribution >= 4 is 33.6 Å². The first kappa shape index (κ1) is 6.15. The van der Waals surface area contributed by atoms with Gasteiger partial charge in [-0.25, -0.2) is 4.98 Å². The Kier molecular flexibility index (Phi) is 1.37. The molecule has 10 heavy (non-hydrogen) atoms. The van der Waals surface area contributed by atoms with Gasteiger partial charge in [-0.15, -0.1) is 0 Å². The van der Waals surface area contributed by atoms with Gasteiger partial charge in [0.05, 0.1) is 11.0 Å². The van der Waals surface area contributed by atoms with Crippen molar-refractivity contribution in [2.24, 2.45) is 0 Å². The van der Waals surface area contributed by atoms with Crippen LogP contribution in [-0.4, -0.2) is 9.97 Å². The summed E-state index contributed by atoms with van der Waals surface area (Å²) in [5.74, 6) is 0. The molecule has 0 bridgehead atoms. The Morgan fingerprint density at radius 2 is 2.20 bits per heavy atom. The van der Waals surface area contributed by atoms with E-state index in [1.807, 2.05) is 24.4 Å². The van der Waals surface area contributed by atoms with E-state index in [2.05, 4.69) is 32.6 Å². The summed E-state index contributed by atoms with van der Waals surface area (Å²) in [6, 6.07) is 5.99. The first-order valence-electron chi connectivity index (χ1n) is 2.96. The monoisotopic (exact) mass is 244 g/mol. The molecule has 0 unspecified atom stereocenters. The normalized spacial score (nSPS) is 10.5. The van der Waals surface area contributed by atoms with Crippen LogP contribution < -0.4 is 0 Å². The van der Waals surface area contributed by atoms with Crippen molar-refractivity contribution in [3.05, 3.63) is 28.1 Å². The quantitative estimate of drug-likeness (QED) is 0.558. The maximum absolute atomic E-state index is 4.29. The summed E-state index contributed by atoms with van der Waals surface area (Å²) in [5, 5.41) is 0. The van der Waals surface area contributed by atoms with Crippen LogP contribution in [0.25, 0.3) is 11.0 Å². The Hall–Kier alpha value is -0.580. The maximum Gasteiger partial charge on any atom is 0.102 e. The summed E-state index contributed by atoms with van der Waals surface area (Å²) in [6.07, 6.45) is 1.90. The average Bonchev–Trinajstić information content (AvgIpc) is 2.33. The summed E-state index contributed by atoms with van der Waals surface area (Å²) in [4.78, 5) is 7.37. The zero-order valence-corrected chi connectivity index (χ0v) is 7.29. The number of fused-ring (bicyclic) bond motifs is 1. The molecule has 0 saturated carbocycles. The Labute approximate surface area is 71.8 Å². The number of halogens is 1. The number of rotatable bonds is 0. The summed E-state index contributed by atoms with van der Waals surface area (Å²) >= 11 is 2.20. The number of aromatic amines is 1. The highest BCUT2D eigenvalue weighted by molar-refractivity contribution is 14.1. The average molecular weight is 244 g/mol. The van der Waals surface area contributed by atoms with Crippen molar-refractivity contribution in [3.63, 3.8) is 0 Å².